The second-order valence-corrected chi connectivity index (χ2v) is 6.13. The van der Waals surface area contributed by atoms with E-state index in [1.807, 2.05) is 12.1 Å². The molecule has 1 atom stereocenters. The molecule has 0 bridgehead atoms. The maximum Gasteiger partial charge on any atom is 0.133 e. The second-order valence-electron chi connectivity index (χ2n) is 6.13. The first-order valence-electron chi connectivity index (χ1n) is 7.78. The predicted octanol–water partition coefficient (Wildman–Crippen LogP) is 4.17. The summed E-state index contributed by atoms with van der Waals surface area (Å²) in [5.74, 6) is 0.491. The average molecular weight is 281 g/mol. The number of hydrogen-bond acceptors (Lipinski definition) is 2. The molecular weight excluding hydrogens is 258 g/mol. The molecule has 3 rings (SSSR count). The summed E-state index contributed by atoms with van der Waals surface area (Å²) in [5.41, 5.74) is 4.81. The Labute approximate surface area is 127 Å². The molecule has 2 nitrogen and oxygen atoms in total. The van der Waals surface area contributed by atoms with E-state index in [2.05, 4.69) is 55.1 Å². The molecule has 1 unspecified atom stereocenters. The molecule has 1 aliphatic heterocycles. The van der Waals surface area contributed by atoms with E-state index in [1.165, 1.54) is 23.1 Å². The quantitative estimate of drug-likeness (QED) is 0.909. The minimum atomic E-state index is -0.468. The summed E-state index contributed by atoms with van der Waals surface area (Å²) < 4.78 is 0. The van der Waals surface area contributed by atoms with Crippen molar-refractivity contribution in [3.05, 3.63) is 59.7 Å². The minimum absolute atomic E-state index is 0.468. The lowest BCUT2D eigenvalue weighted by Gasteiger charge is -2.35. The molecule has 0 amide bonds. The van der Waals surface area contributed by atoms with Crippen LogP contribution >= 0.6 is 0 Å². The van der Waals surface area contributed by atoms with Gasteiger partial charge in [0.05, 0.1) is 0 Å². The molecule has 1 saturated heterocycles. The number of hydrogen-bond donors (Lipinski definition) is 1. The van der Waals surface area contributed by atoms with Crippen molar-refractivity contribution in [2.24, 2.45) is 0 Å². The van der Waals surface area contributed by atoms with Gasteiger partial charge in [-0.15, -0.1) is 0 Å². The van der Waals surface area contributed by atoms with E-state index in [0.29, 0.717) is 5.92 Å². The molecule has 0 spiro atoms. The van der Waals surface area contributed by atoms with Crippen LogP contribution in [-0.2, 0) is 0 Å². The standard InChI is InChI=1S/C19H23NO/c1-14(2)17-9-3-4-10-18(17)15-7-5-8-16(13-15)19(21)20-11-6-12-20/h3-5,7-10,13-14,19,21H,6,11-12H2,1-2H3. The first-order chi connectivity index (χ1) is 10.2. The number of aliphatic hydroxyl groups is 1. The van der Waals surface area contributed by atoms with Crippen LogP contribution in [0.1, 0.15) is 43.5 Å². The lowest BCUT2D eigenvalue weighted by molar-refractivity contribution is -0.0365. The highest BCUT2D eigenvalue weighted by molar-refractivity contribution is 5.68. The molecule has 1 heterocycles. The molecule has 21 heavy (non-hydrogen) atoms. The monoisotopic (exact) mass is 281 g/mol. The van der Waals surface area contributed by atoms with Crippen molar-refractivity contribution in [3.63, 3.8) is 0 Å². The van der Waals surface area contributed by atoms with E-state index in [1.54, 1.807) is 0 Å². The molecule has 0 aliphatic carbocycles. The van der Waals surface area contributed by atoms with Crippen molar-refractivity contribution in [1.82, 2.24) is 4.90 Å². The normalized spacial score (nSPS) is 16.8. The first-order valence-corrected chi connectivity index (χ1v) is 7.78. The third-order valence-electron chi connectivity index (χ3n) is 4.32. The number of likely N-dealkylation sites (tertiary alicyclic amines) is 1. The van der Waals surface area contributed by atoms with Crippen LogP contribution in [0.5, 0.6) is 0 Å². The van der Waals surface area contributed by atoms with Crippen LogP contribution in [0.3, 0.4) is 0 Å². The Morgan fingerprint density at radius 1 is 1.00 bits per heavy atom. The van der Waals surface area contributed by atoms with Crippen LogP contribution in [0.4, 0.5) is 0 Å². The largest absolute Gasteiger partial charge is 0.374 e. The molecule has 1 aliphatic rings. The molecule has 2 heteroatoms. The van der Waals surface area contributed by atoms with E-state index in [9.17, 15) is 5.11 Å². The predicted molar refractivity (Wildman–Crippen MR) is 87.1 cm³/mol. The first kappa shape index (κ1) is 14.3. The van der Waals surface area contributed by atoms with Crippen molar-refractivity contribution in [2.45, 2.75) is 32.4 Å². The van der Waals surface area contributed by atoms with E-state index >= 15 is 0 Å². The Bertz CT molecular complexity index is 616. The number of nitrogens with zero attached hydrogens (tertiary/aromatic N) is 1. The highest BCUT2D eigenvalue weighted by atomic mass is 16.3. The SMILES string of the molecule is CC(C)c1ccccc1-c1cccc(C(O)N2CCC2)c1. The van der Waals surface area contributed by atoms with E-state index in [-0.39, 0.29) is 0 Å². The summed E-state index contributed by atoms with van der Waals surface area (Å²) in [5, 5.41) is 10.4. The average Bonchev–Trinajstić information content (AvgIpc) is 2.45. The Morgan fingerprint density at radius 2 is 1.76 bits per heavy atom. The molecule has 2 aromatic carbocycles. The highest BCUT2D eigenvalue weighted by Crippen LogP contribution is 2.31. The van der Waals surface area contributed by atoms with Crippen molar-refractivity contribution < 1.29 is 5.11 Å². The van der Waals surface area contributed by atoms with E-state index in [4.69, 9.17) is 0 Å². The van der Waals surface area contributed by atoms with Gasteiger partial charge >= 0.3 is 0 Å². The zero-order chi connectivity index (χ0) is 14.8. The maximum absolute atomic E-state index is 10.4. The number of rotatable bonds is 4. The van der Waals surface area contributed by atoms with Crippen LogP contribution in [-0.4, -0.2) is 23.1 Å². The summed E-state index contributed by atoms with van der Waals surface area (Å²) in [6, 6.07) is 16.9. The summed E-state index contributed by atoms with van der Waals surface area (Å²) >= 11 is 0. The van der Waals surface area contributed by atoms with Gasteiger partial charge in [-0.2, -0.15) is 0 Å². The lowest BCUT2D eigenvalue weighted by atomic mass is 9.91. The third kappa shape index (κ3) is 2.87. The summed E-state index contributed by atoms with van der Waals surface area (Å²) in [4.78, 5) is 2.10. The van der Waals surface area contributed by atoms with Gasteiger partial charge in [-0.25, -0.2) is 0 Å². The van der Waals surface area contributed by atoms with Gasteiger partial charge in [0.2, 0.25) is 0 Å². The minimum Gasteiger partial charge on any atom is -0.374 e. The Kier molecular flexibility index (Phi) is 4.09. The van der Waals surface area contributed by atoms with Gasteiger partial charge in [-0.05, 0) is 40.7 Å². The van der Waals surface area contributed by atoms with Crippen molar-refractivity contribution in [1.29, 1.82) is 0 Å². The molecular formula is C19H23NO. The Hall–Kier alpha value is -1.64. The number of aliphatic hydroxyl groups excluding tert-OH is 1. The van der Waals surface area contributed by atoms with Gasteiger partial charge in [-0.1, -0.05) is 56.3 Å². The Morgan fingerprint density at radius 3 is 2.43 bits per heavy atom. The number of benzene rings is 2. The fraction of sp³-hybridized carbons (Fsp3) is 0.368. The highest BCUT2D eigenvalue weighted by Gasteiger charge is 2.23. The molecule has 1 N–H and O–H groups in total. The molecule has 2 aromatic rings. The fourth-order valence-corrected chi connectivity index (χ4v) is 2.93. The van der Waals surface area contributed by atoms with Gasteiger partial charge < -0.3 is 5.11 Å². The molecule has 0 aromatic heterocycles. The lowest BCUT2D eigenvalue weighted by Crippen LogP contribution is -2.40. The van der Waals surface area contributed by atoms with Crippen LogP contribution in [0.2, 0.25) is 0 Å². The van der Waals surface area contributed by atoms with Crippen molar-refractivity contribution >= 4 is 0 Å². The van der Waals surface area contributed by atoms with Crippen LogP contribution in [0.15, 0.2) is 48.5 Å². The van der Waals surface area contributed by atoms with Crippen LogP contribution in [0.25, 0.3) is 11.1 Å². The smallest absolute Gasteiger partial charge is 0.133 e. The van der Waals surface area contributed by atoms with Gasteiger partial charge in [0.1, 0.15) is 6.23 Å². The van der Waals surface area contributed by atoms with Gasteiger partial charge in [0.15, 0.2) is 0 Å². The second kappa shape index (κ2) is 6.00. The van der Waals surface area contributed by atoms with Gasteiger partial charge in [-0.3, -0.25) is 4.90 Å². The molecule has 110 valence electrons. The van der Waals surface area contributed by atoms with Crippen LogP contribution in [0, 0.1) is 0 Å². The zero-order valence-corrected chi connectivity index (χ0v) is 12.8. The third-order valence-corrected chi connectivity index (χ3v) is 4.32. The van der Waals surface area contributed by atoms with Gasteiger partial charge in [0.25, 0.3) is 0 Å². The molecule has 1 fully saturated rings. The van der Waals surface area contributed by atoms with Crippen molar-refractivity contribution in [3.8, 4) is 11.1 Å². The van der Waals surface area contributed by atoms with Gasteiger partial charge in [0, 0.05) is 13.1 Å². The fourth-order valence-electron chi connectivity index (χ4n) is 2.93. The van der Waals surface area contributed by atoms with E-state index in [0.717, 1.165) is 18.7 Å². The van der Waals surface area contributed by atoms with Crippen LogP contribution < -0.4 is 0 Å². The summed E-state index contributed by atoms with van der Waals surface area (Å²) in [6.07, 6.45) is 0.720. The van der Waals surface area contributed by atoms with Crippen molar-refractivity contribution in [2.75, 3.05) is 13.1 Å². The summed E-state index contributed by atoms with van der Waals surface area (Å²) in [6.45, 7) is 6.43. The Balaban J connectivity index is 1.96. The topological polar surface area (TPSA) is 23.5 Å². The molecule has 0 saturated carbocycles. The zero-order valence-electron chi connectivity index (χ0n) is 12.8. The molecule has 0 radical (unpaired) electrons. The maximum atomic E-state index is 10.4. The van der Waals surface area contributed by atoms with E-state index < -0.39 is 6.23 Å². The summed E-state index contributed by atoms with van der Waals surface area (Å²) in [7, 11) is 0.